The van der Waals surface area contributed by atoms with Crippen LogP contribution >= 0.6 is 24.0 Å². The maximum absolute atomic E-state index is 5.32. The number of halogens is 1. The molecule has 134 valence electrons. The maximum atomic E-state index is 5.32. The van der Waals surface area contributed by atoms with Gasteiger partial charge in [-0.3, -0.25) is 9.67 Å². The van der Waals surface area contributed by atoms with Crippen molar-refractivity contribution in [3.8, 4) is 0 Å². The van der Waals surface area contributed by atoms with Crippen LogP contribution in [0.5, 0.6) is 0 Å². The second-order valence-corrected chi connectivity index (χ2v) is 5.26. The summed E-state index contributed by atoms with van der Waals surface area (Å²) >= 11 is 0. The number of aromatic nitrogens is 2. The fraction of sp³-hybridized carbons (Fsp3) is 0.750. The van der Waals surface area contributed by atoms with Gasteiger partial charge in [-0.15, -0.1) is 24.0 Å². The average molecular weight is 437 g/mol. The summed E-state index contributed by atoms with van der Waals surface area (Å²) in [4.78, 5) is 4.56. The van der Waals surface area contributed by atoms with E-state index in [0.717, 1.165) is 57.3 Å². The zero-order valence-corrected chi connectivity index (χ0v) is 17.4. The molecule has 2 N–H and O–H groups in total. The fourth-order valence-corrected chi connectivity index (χ4v) is 2.33. The highest BCUT2D eigenvalue weighted by Gasteiger charge is 2.08. The molecule has 1 aromatic heterocycles. The molecule has 7 heteroatoms. The van der Waals surface area contributed by atoms with Crippen LogP contribution in [0, 0.1) is 13.8 Å². The standard InChI is InChI=1S/C16H31N5O.HI/c1-6-17-16(18-10-8-12-22-7-2)19-11-9-15-13(3)20-21(5)14(15)4;/h6-12H2,1-5H3,(H2,17,18,19);1H. The van der Waals surface area contributed by atoms with Crippen LogP contribution in [-0.2, 0) is 18.2 Å². The predicted molar refractivity (Wildman–Crippen MR) is 107 cm³/mol. The van der Waals surface area contributed by atoms with Gasteiger partial charge in [-0.05, 0) is 46.1 Å². The third-order valence-corrected chi connectivity index (χ3v) is 3.59. The monoisotopic (exact) mass is 437 g/mol. The average Bonchev–Trinajstić information content (AvgIpc) is 2.73. The van der Waals surface area contributed by atoms with Crippen molar-refractivity contribution < 1.29 is 4.74 Å². The third kappa shape index (κ3) is 8.01. The van der Waals surface area contributed by atoms with E-state index in [9.17, 15) is 0 Å². The van der Waals surface area contributed by atoms with Gasteiger partial charge in [-0.2, -0.15) is 5.10 Å². The summed E-state index contributed by atoms with van der Waals surface area (Å²) in [6.45, 7) is 12.3. The number of ether oxygens (including phenoxy) is 1. The summed E-state index contributed by atoms with van der Waals surface area (Å²) in [5, 5.41) is 11.1. The molecule has 0 amide bonds. The van der Waals surface area contributed by atoms with Crippen molar-refractivity contribution in [3.05, 3.63) is 17.0 Å². The van der Waals surface area contributed by atoms with Crippen molar-refractivity contribution in [2.75, 3.05) is 32.8 Å². The Morgan fingerprint density at radius 2 is 2.00 bits per heavy atom. The minimum atomic E-state index is 0. The van der Waals surface area contributed by atoms with Crippen molar-refractivity contribution in [2.24, 2.45) is 12.0 Å². The molecule has 0 spiro atoms. The molecular formula is C16H32IN5O. The number of hydrogen-bond acceptors (Lipinski definition) is 3. The molecule has 1 rings (SSSR count). The molecule has 0 aromatic carbocycles. The summed E-state index contributed by atoms with van der Waals surface area (Å²) in [6.07, 6.45) is 1.90. The van der Waals surface area contributed by atoms with Crippen molar-refractivity contribution in [1.29, 1.82) is 0 Å². The van der Waals surface area contributed by atoms with E-state index in [4.69, 9.17) is 4.74 Å². The van der Waals surface area contributed by atoms with Crippen LogP contribution in [-0.4, -0.2) is 48.6 Å². The number of hydrogen-bond donors (Lipinski definition) is 2. The number of rotatable bonds is 9. The molecule has 0 aliphatic carbocycles. The first-order valence-corrected chi connectivity index (χ1v) is 8.19. The smallest absolute Gasteiger partial charge is 0.191 e. The maximum Gasteiger partial charge on any atom is 0.191 e. The normalized spacial score (nSPS) is 11.3. The highest BCUT2D eigenvalue weighted by molar-refractivity contribution is 14.0. The van der Waals surface area contributed by atoms with Crippen molar-refractivity contribution in [3.63, 3.8) is 0 Å². The molecule has 0 saturated carbocycles. The molecule has 1 aromatic rings. The Kier molecular flexibility index (Phi) is 12.1. The third-order valence-electron chi connectivity index (χ3n) is 3.59. The summed E-state index contributed by atoms with van der Waals surface area (Å²) < 4.78 is 7.27. The topological polar surface area (TPSA) is 63.5 Å². The molecule has 0 unspecified atom stereocenters. The fourth-order valence-electron chi connectivity index (χ4n) is 2.33. The van der Waals surface area contributed by atoms with Gasteiger partial charge in [0.2, 0.25) is 0 Å². The van der Waals surface area contributed by atoms with E-state index < -0.39 is 0 Å². The largest absolute Gasteiger partial charge is 0.382 e. The Morgan fingerprint density at radius 3 is 2.57 bits per heavy atom. The Hall–Kier alpha value is -0.830. The Bertz CT molecular complexity index is 473. The van der Waals surface area contributed by atoms with Gasteiger partial charge in [0.25, 0.3) is 0 Å². The van der Waals surface area contributed by atoms with Crippen LogP contribution in [0.1, 0.15) is 37.2 Å². The molecule has 1 heterocycles. The first kappa shape index (κ1) is 22.2. The number of nitrogens with one attached hydrogen (secondary N) is 2. The highest BCUT2D eigenvalue weighted by atomic mass is 127. The summed E-state index contributed by atoms with van der Waals surface area (Å²) in [5.74, 6) is 0.873. The van der Waals surface area contributed by atoms with Gasteiger partial charge in [0.15, 0.2) is 5.96 Å². The van der Waals surface area contributed by atoms with Crippen LogP contribution < -0.4 is 10.6 Å². The van der Waals surface area contributed by atoms with Crippen LogP contribution in [0.15, 0.2) is 4.99 Å². The highest BCUT2D eigenvalue weighted by Crippen LogP contribution is 2.11. The summed E-state index contributed by atoms with van der Waals surface area (Å²) in [5.41, 5.74) is 3.67. The number of aliphatic imine (C=N–C) groups is 1. The van der Waals surface area contributed by atoms with Gasteiger partial charge in [0, 0.05) is 45.6 Å². The van der Waals surface area contributed by atoms with E-state index in [2.05, 4.69) is 41.5 Å². The molecule has 0 fully saturated rings. The SMILES string of the molecule is CCNC(=NCCCOCC)NCCc1c(C)nn(C)c1C.I. The van der Waals surface area contributed by atoms with Gasteiger partial charge in [-0.25, -0.2) is 0 Å². The molecule has 6 nitrogen and oxygen atoms in total. The van der Waals surface area contributed by atoms with Gasteiger partial charge in [0.1, 0.15) is 0 Å². The molecule has 0 bridgehead atoms. The van der Waals surface area contributed by atoms with Crippen molar-refractivity contribution in [1.82, 2.24) is 20.4 Å². The number of aryl methyl sites for hydroxylation is 2. The van der Waals surface area contributed by atoms with E-state index >= 15 is 0 Å². The second kappa shape index (κ2) is 12.6. The van der Waals surface area contributed by atoms with Gasteiger partial charge >= 0.3 is 0 Å². The molecular weight excluding hydrogens is 405 g/mol. The molecule has 0 saturated heterocycles. The lowest BCUT2D eigenvalue weighted by atomic mass is 10.1. The predicted octanol–water partition coefficient (Wildman–Crippen LogP) is 2.18. The summed E-state index contributed by atoms with van der Waals surface area (Å²) in [7, 11) is 1.99. The van der Waals surface area contributed by atoms with E-state index in [0.29, 0.717) is 0 Å². The van der Waals surface area contributed by atoms with Gasteiger partial charge in [-0.1, -0.05) is 0 Å². The van der Waals surface area contributed by atoms with Crippen molar-refractivity contribution in [2.45, 2.75) is 40.5 Å². The molecule has 0 aliphatic rings. The van der Waals surface area contributed by atoms with Crippen molar-refractivity contribution >= 4 is 29.9 Å². The first-order chi connectivity index (χ1) is 10.6. The Morgan fingerprint density at radius 1 is 1.26 bits per heavy atom. The minimum absolute atomic E-state index is 0. The zero-order chi connectivity index (χ0) is 16.4. The molecule has 0 radical (unpaired) electrons. The quantitative estimate of drug-likeness (QED) is 0.269. The van der Waals surface area contributed by atoms with E-state index in [1.54, 1.807) is 0 Å². The lowest BCUT2D eigenvalue weighted by Gasteiger charge is -2.11. The van der Waals surface area contributed by atoms with E-state index in [1.165, 1.54) is 11.3 Å². The zero-order valence-electron chi connectivity index (χ0n) is 15.1. The first-order valence-electron chi connectivity index (χ1n) is 8.19. The second-order valence-electron chi connectivity index (χ2n) is 5.26. The van der Waals surface area contributed by atoms with Crippen LogP contribution in [0.4, 0.5) is 0 Å². The van der Waals surface area contributed by atoms with Crippen LogP contribution in [0.3, 0.4) is 0 Å². The van der Waals surface area contributed by atoms with Crippen LogP contribution in [0.2, 0.25) is 0 Å². The van der Waals surface area contributed by atoms with Crippen LogP contribution in [0.25, 0.3) is 0 Å². The minimum Gasteiger partial charge on any atom is -0.382 e. The Balaban J connectivity index is 0.00000484. The summed E-state index contributed by atoms with van der Waals surface area (Å²) in [6, 6.07) is 0. The molecule has 0 atom stereocenters. The Labute approximate surface area is 157 Å². The van der Waals surface area contributed by atoms with Gasteiger partial charge < -0.3 is 15.4 Å². The lowest BCUT2D eigenvalue weighted by Crippen LogP contribution is -2.38. The lowest BCUT2D eigenvalue weighted by molar-refractivity contribution is 0.146. The number of guanidine groups is 1. The van der Waals surface area contributed by atoms with E-state index in [-0.39, 0.29) is 24.0 Å². The molecule has 23 heavy (non-hydrogen) atoms. The molecule has 0 aliphatic heterocycles. The van der Waals surface area contributed by atoms with E-state index in [1.807, 2.05) is 18.7 Å². The van der Waals surface area contributed by atoms with Gasteiger partial charge in [0.05, 0.1) is 5.69 Å². The number of nitrogens with zero attached hydrogens (tertiary/aromatic N) is 3.